The van der Waals surface area contributed by atoms with E-state index < -0.39 is 0 Å². The van der Waals surface area contributed by atoms with Crippen LogP contribution >= 0.6 is 0 Å². The second-order valence-electron chi connectivity index (χ2n) is 4.92. The van der Waals surface area contributed by atoms with Crippen molar-refractivity contribution in [2.45, 2.75) is 0 Å². The van der Waals surface area contributed by atoms with E-state index in [0.717, 1.165) is 16.7 Å². The molecule has 2 nitrogen and oxygen atoms in total. The van der Waals surface area contributed by atoms with Gasteiger partial charge in [0, 0.05) is 6.08 Å². The van der Waals surface area contributed by atoms with E-state index in [1.807, 2.05) is 36.4 Å². The minimum atomic E-state index is 0.629. The highest BCUT2D eigenvalue weighted by Crippen LogP contribution is 2.21. The van der Waals surface area contributed by atoms with Crippen LogP contribution in [0.4, 0.5) is 0 Å². The largest absolute Gasteiger partial charge is 0.437 e. The van der Waals surface area contributed by atoms with Crippen LogP contribution in [-0.2, 0) is 0 Å². The summed E-state index contributed by atoms with van der Waals surface area (Å²) in [5.74, 6) is 0.629. The molecular formula is C19H13NO. The number of benzene rings is 3. The van der Waals surface area contributed by atoms with E-state index in [0.29, 0.717) is 5.89 Å². The minimum absolute atomic E-state index is 0.629. The van der Waals surface area contributed by atoms with E-state index in [2.05, 4.69) is 47.4 Å². The lowest BCUT2D eigenvalue weighted by molar-refractivity contribution is 0.590. The number of hydrogen-bond donors (Lipinski definition) is 0. The van der Waals surface area contributed by atoms with Crippen molar-refractivity contribution in [1.29, 1.82) is 0 Å². The van der Waals surface area contributed by atoms with Gasteiger partial charge in [-0.05, 0) is 34.5 Å². The van der Waals surface area contributed by atoms with E-state index in [9.17, 15) is 0 Å². The van der Waals surface area contributed by atoms with Crippen LogP contribution in [0.15, 0.2) is 71.1 Å². The maximum Gasteiger partial charge on any atom is 0.220 e. The molecule has 0 amide bonds. The molecule has 0 unspecified atom stereocenters. The SMILES string of the molecule is C(=C\c1cccc2ccccc12)/c1nc2ccccc2o1. The monoisotopic (exact) mass is 271 g/mol. The molecule has 0 spiro atoms. The van der Waals surface area contributed by atoms with E-state index in [1.165, 1.54) is 10.8 Å². The Balaban J connectivity index is 1.76. The average molecular weight is 271 g/mol. The fourth-order valence-corrected chi connectivity index (χ4v) is 2.52. The third-order valence-electron chi connectivity index (χ3n) is 3.54. The van der Waals surface area contributed by atoms with Gasteiger partial charge < -0.3 is 4.42 Å². The fraction of sp³-hybridized carbons (Fsp3) is 0. The summed E-state index contributed by atoms with van der Waals surface area (Å²) in [7, 11) is 0. The Morgan fingerprint density at radius 2 is 1.57 bits per heavy atom. The van der Waals surface area contributed by atoms with Crippen molar-refractivity contribution in [1.82, 2.24) is 4.98 Å². The van der Waals surface area contributed by atoms with Crippen LogP contribution in [0.25, 0.3) is 34.0 Å². The maximum atomic E-state index is 5.70. The third kappa shape index (κ3) is 2.21. The Kier molecular flexibility index (Phi) is 2.79. The molecule has 0 fully saturated rings. The maximum absolute atomic E-state index is 5.70. The number of oxazole rings is 1. The molecule has 1 aromatic heterocycles. The van der Waals surface area contributed by atoms with Crippen molar-refractivity contribution >= 4 is 34.0 Å². The smallest absolute Gasteiger partial charge is 0.220 e. The first-order valence-electron chi connectivity index (χ1n) is 6.91. The van der Waals surface area contributed by atoms with Gasteiger partial charge >= 0.3 is 0 Å². The van der Waals surface area contributed by atoms with Crippen molar-refractivity contribution in [3.63, 3.8) is 0 Å². The van der Waals surface area contributed by atoms with Crippen LogP contribution in [0.2, 0.25) is 0 Å². The summed E-state index contributed by atoms with van der Waals surface area (Å²) in [5, 5.41) is 2.46. The van der Waals surface area contributed by atoms with E-state index >= 15 is 0 Å². The summed E-state index contributed by atoms with van der Waals surface area (Å²) in [6.45, 7) is 0. The lowest BCUT2D eigenvalue weighted by Gasteiger charge is -2.00. The normalized spacial score (nSPS) is 11.6. The lowest BCUT2D eigenvalue weighted by atomic mass is 10.0. The van der Waals surface area contributed by atoms with Crippen molar-refractivity contribution in [3.05, 3.63) is 78.2 Å². The zero-order valence-corrected chi connectivity index (χ0v) is 11.4. The molecule has 2 heteroatoms. The van der Waals surface area contributed by atoms with Crippen LogP contribution in [0.1, 0.15) is 11.5 Å². The standard InChI is InChI=1S/C19H13NO/c1-2-9-16-14(6-1)7-5-8-15(16)12-13-19-20-17-10-3-4-11-18(17)21-19/h1-13H/b13-12+. The van der Waals surface area contributed by atoms with Crippen molar-refractivity contribution in [2.24, 2.45) is 0 Å². The Morgan fingerprint density at radius 1 is 0.762 bits per heavy atom. The average Bonchev–Trinajstić information content (AvgIpc) is 2.96. The van der Waals surface area contributed by atoms with E-state index in [1.54, 1.807) is 0 Å². The van der Waals surface area contributed by atoms with Gasteiger partial charge in [0.25, 0.3) is 0 Å². The first-order chi connectivity index (χ1) is 10.4. The first kappa shape index (κ1) is 11.9. The molecule has 0 N–H and O–H groups in total. The molecule has 0 aliphatic carbocycles. The Morgan fingerprint density at radius 3 is 2.52 bits per heavy atom. The molecule has 100 valence electrons. The summed E-state index contributed by atoms with van der Waals surface area (Å²) < 4.78 is 5.70. The molecule has 0 aliphatic rings. The number of para-hydroxylation sites is 2. The summed E-state index contributed by atoms with van der Waals surface area (Å²) in [6, 6.07) is 22.4. The van der Waals surface area contributed by atoms with Crippen LogP contribution in [0.5, 0.6) is 0 Å². The molecule has 21 heavy (non-hydrogen) atoms. The topological polar surface area (TPSA) is 26.0 Å². The number of rotatable bonds is 2. The van der Waals surface area contributed by atoms with Crippen molar-refractivity contribution in [3.8, 4) is 0 Å². The predicted molar refractivity (Wildman–Crippen MR) is 86.9 cm³/mol. The zero-order chi connectivity index (χ0) is 14.1. The van der Waals surface area contributed by atoms with Crippen molar-refractivity contribution < 1.29 is 4.42 Å². The van der Waals surface area contributed by atoms with Gasteiger partial charge in [-0.25, -0.2) is 4.98 Å². The van der Waals surface area contributed by atoms with Gasteiger partial charge in [0.15, 0.2) is 5.58 Å². The summed E-state index contributed by atoms with van der Waals surface area (Å²) in [5.41, 5.74) is 2.86. The summed E-state index contributed by atoms with van der Waals surface area (Å²) in [6.07, 6.45) is 3.97. The van der Waals surface area contributed by atoms with Crippen molar-refractivity contribution in [2.75, 3.05) is 0 Å². The van der Waals surface area contributed by atoms with Crippen LogP contribution < -0.4 is 0 Å². The molecular weight excluding hydrogens is 258 g/mol. The van der Waals surface area contributed by atoms with Gasteiger partial charge in [0.2, 0.25) is 5.89 Å². The minimum Gasteiger partial charge on any atom is -0.437 e. The molecule has 0 aliphatic heterocycles. The highest BCUT2D eigenvalue weighted by atomic mass is 16.3. The first-order valence-corrected chi connectivity index (χ1v) is 6.91. The molecule has 0 saturated carbocycles. The molecule has 0 radical (unpaired) electrons. The van der Waals surface area contributed by atoms with Gasteiger partial charge in [0.05, 0.1) is 0 Å². The fourth-order valence-electron chi connectivity index (χ4n) is 2.52. The molecule has 0 saturated heterocycles. The summed E-state index contributed by atoms with van der Waals surface area (Å²) in [4.78, 5) is 4.45. The number of nitrogens with zero attached hydrogens (tertiary/aromatic N) is 1. The van der Waals surface area contributed by atoms with Gasteiger partial charge in [-0.2, -0.15) is 0 Å². The Hall–Kier alpha value is -2.87. The van der Waals surface area contributed by atoms with Crippen LogP contribution in [-0.4, -0.2) is 4.98 Å². The number of fused-ring (bicyclic) bond motifs is 2. The van der Waals surface area contributed by atoms with E-state index in [-0.39, 0.29) is 0 Å². The second-order valence-corrected chi connectivity index (χ2v) is 4.92. The molecule has 0 bridgehead atoms. The van der Waals surface area contributed by atoms with Gasteiger partial charge in [-0.15, -0.1) is 0 Å². The molecule has 4 aromatic rings. The van der Waals surface area contributed by atoms with Crippen LogP contribution in [0.3, 0.4) is 0 Å². The molecule has 1 heterocycles. The molecule has 4 rings (SSSR count). The lowest BCUT2D eigenvalue weighted by Crippen LogP contribution is -1.77. The van der Waals surface area contributed by atoms with Gasteiger partial charge in [0.1, 0.15) is 5.52 Å². The Labute approximate surface area is 122 Å². The number of aromatic nitrogens is 1. The molecule has 0 atom stereocenters. The van der Waals surface area contributed by atoms with E-state index in [4.69, 9.17) is 4.42 Å². The number of hydrogen-bond acceptors (Lipinski definition) is 2. The van der Waals surface area contributed by atoms with Crippen LogP contribution in [0, 0.1) is 0 Å². The predicted octanol–water partition coefficient (Wildman–Crippen LogP) is 5.15. The molecule has 3 aromatic carbocycles. The third-order valence-corrected chi connectivity index (χ3v) is 3.54. The second kappa shape index (κ2) is 4.91. The quantitative estimate of drug-likeness (QED) is 0.504. The summed E-state index contributed by atoms with van der Waals surface area (Å²) >= 11 is 0. The highest BCUT2D eigenvalue weighted by Gasteiger charge is 2.02. The van der Waals surface area contributed by atoms with Gasteiger partial charge in [-0.1, -0.05) is 54.6 Å². The highest BCUT2D eigenvalue weighted by molar-refractivity contribution is 5.92. The zero-order valence-electron chi connectivity index (χ0n) is 11.4. The van der Waals surface area contributed by atoms with Gasteiger partial charge in [-0.3, -0.25) is 0 Å². The Bertz CT molecular complexity index is 912.